The Labute approximate surface area is 110 Å². The third kappa shape index (κ3) is 2.69. The summed E-state index contributed by atoms with van der Waals surface area (Å²) < 4.78 is 0. The van der Waals surface area contributed by atoms with Crippen molar-refractivity contribution in [1.29, 1.82) is 0 Å². The topological polar surface area (TPSA) is 15.3 Å². The average Bonchev–Trinajstić information content (AvgIpc) is 3.17. The van der Waals surface area contributed by atoms with E-state index in [1.165, 1.54) is 50.0 Å². The summed E-state index contributed by atoms with van der Waals surface area (Å²) >= 11 is 0. The molecule has 0 spiro atoms. The number of fused-ring (bicyclic) bond motifs is 1. The van der Waals surface area contributed by atoms with Crippen LogP contribution in [0.1, 0.15) is 31.7 Å². The predicted octanol–water partition coefficient (Wildman–Crippen LogP) is 2.83. The summed E-state index contributed by atoms with van der Waals surface area (Å²) in [5, 5.41) is 3.67. The van der Waals surface area contributed by atoms with Crippen LogP contribution < -0.4 is 10.2 Å². The van der Waals surface area contributed by atoms with Gasteiger partial charge in [-0.3, -0.25) is 0 Å². The van der Waals surface area contributed by atoms with Gasteiger partial charge in [0.1, 0.15) is 0 Å². The van der Waals surface area contributed by atoms with Gasteiger partial charge < -0.3 is 10.2 Å². The quantitative estimate of drug-likeness (QED) is 0.774. The molecule has 18 heavy (non-hydrogen) atoms. The minimum atomic E-state index is 0.732. The van der Waals surface area contributed by atoms with Crippen molar-refractivity contribution in [3.05, 3.63) is 29.8 Å². The van der Waals surface area contributed by atoms with Gasteiger partial charge in [0.15, 0.2) is 0 Å². The second-order valence-electron chi connectivity index (χ2n) is 5.80. The molecule has 2 heteroatoms. The highest BCUT2D eigenvalue weighted by Crippen LogP contribution is 2.32. The maximum absolute atomic E-state index is 3.67. The number of nitrogens with zero attached hydrogens (tertiary/aromatic N) is 1. The number of benzene rings is 1. The van der Waals surface area contributed by atoms with Crippen LogP contribution in [0.15, 0.2) is 24.3 Å². The first-order valence-electron chi connectivity index (χ1n) is 7.41. The molecule has 1 aliphatic heterocycles. The van der Waals surface area contributed by atoms with E-state index in [4.69, 9.17) is 0 Å². The van der Waals surface area contributed by atoms with E-state index in [1.807, 2.05) is 0 Å². The SMILES string of the molecule is CC(NCCCN1CCc2ccccc21)C1CC1. The van der Waals surface area contributed by atoms with Crippen molar-refractivity contribution in [2.24, 2.45) is 5.92 Å². The Kier molecular flexibility index (Phi) is 3.55. The highest BCUT2D eigenvalue weighted by atomic mass is 15.1. The molecule has 1 unspecified atom stereocenters. The van der Waals surface area contributed by atoms with Crippen LogP contribution in [0, 0.1) is 5.92 Å². The van der Waals surface area contributed by atoms with Crippen molar-refractivity contribution < 1.29 is 0 Å². The van der Waals surface area contributed by atoms with Crippen molar-refractivity contribution in [3.63, 3.8) is 0 Å². The highest BCUT2D eigenvalue weighted by molar-refractivity contribution is 5.57. The Morgan fingerprint density at radius 3 is 3.00 bits per heavy atom. The molecular weight excluding hydrogens is 220 g/mol. The molecule has 0 radical (unpaired) electrons. The summed E-state index contributed by atoms with van der Waals surface area (Å²) in [6.45, 7) is 5.90. The standard InChI is InChI=1S/C16H24N2/c1-13(14-7-8-14)17-10-4-11-18-12-9-15-5-2-3-6-16(15)18/h2-3,5-6,13-14,17H,4,7-12H2,1H3. The molecular formula is C16H24N2. The van der Waals surface area contributed by atoms with Gasteiger partial charge in [-0.2, -0.15) is 0 Å². The summed E-state index contributed by atoms with van der Waals surface area (Å²) in [4.78, 5) is 2.54. The van der Waals surface area contributed by atoms with Crippen LogP contribution in [0.3, 0.4) is 0 Å². The van der Waals surface area contributed by atoms with Gasteiger partial charge in [-0.1, -0.05) is 18.2 Å². The van der Waals surface area contributed by atoms with Crippen molar-refractivity contribution >= 4 is 5.69 Å². The summed E-state index contributed by atoms with van der Waals surface area (Å²) in [7, 11) is 0. The average molecular weight is 244 g/mol. The molecule has 1 N–H and O–H groups in total. The van der Waals surface area contributed by atoms with E-state index in [1.54, 1.807) is 0 Å². The zero-order valence-corrected chi connectivity index (χ0v) is 11.4. The van der Waals surface area contributed by atoms with Gasteiger partial charge in [0, 0.05) is 24.8 Å². The van der Waals surface area contributed by atoms with Crippen LogP contribution in [-0.2, 0) is 6.42 Å². The molecule has 0 bridgehead atoms. The van der Waals surface area contributed by atoms with Crippen LogP contribution in [0.4, 0.5) is 5.69 Å². The Bertz CT molecular complexity index is 398. The third-order valence-corrected chi connectivity index (χ3v) is 4.38. The van der Waals surface area contributed by atoms with E-state index >= 15 is 0 Å². The number of hydrogen-bond acceptors (Lipinski definition) is 2. The lowest BCUT2D eigenvalue weighted by Crippen LogP contribution is -2.31. The minimum Gasteiger partial charge on any atom is -0.371 e. The van der Waals surface area contributed by atoms with E-state index < -0.39 is 0 Å². The molecule has 1 aliphatic carbocycles. The van der Waals surface area contributed by atoms with E-state index in [-0.39, 0.29) is 0 Å². The maximum atomic E-state index is 3.67. The minimum absolute atomic E-state index is 0.732. The lowest BCUT2D eigenvalue weighted by Gasteiger charge is -2.20. The Balaban J connectivity index is 1.41. The predicted molar refractivity (Wildman–Crippen MR) is 77.2 cm³/mol. The number of para-hydroxylation sites is 1. The first-order valence-corrected chi connectivity index (χ1v) is 7.41. The van der Waals surface area contributed by atoms with Crippen LogP contribution >= 0.6 is 0 Å². The molecule has 3 rings (SSSR count). The molecule has 2 nitrogen and oxygen atoms in total. The summed E-state index contributed by atoms with van der Waals surface area (Å²) in [6.07, 6.45) is 5.36. The molecule has 98 valence electrons. The first-order chi connectivity index (χ1) is 8.84. The van der Waals surface area contributed by atoms with Gasteiger partial charge in [-0.25, -0.2) is 0 Å². The van der Waals surface area contributed by atoms with Gasteiger partial charge in [0.2, 0.25) is 0 Å². The molecule has 1 heterocycles. The molecule has 1 saturated carbocycles. The normalized spacial score (nSPS) is 19.9. The summed E-state index contributed by atoms with van der Waals surface area (Å²) in [5.74, 6) is 0.970. The number of anilines is 1. The smallest absolute Gasteiger partial charge is 0.0399 e. The first kappa shape index (κ1) is 12.0. The van der Waals surface area contributed by atoms with E-state index in [2.05, 4.69) is 41.4 Å². The number of hydrogen-bond donors (Lipinski definition) is 1. The Morgan fingerprint density at radius 2 is 2.17 bits per heavy atom. The lowest BCUT2D eigenvalue weighted by molar-refractivity contribution is 0.489. The van der Waals surface area contributed by atoms with E-state index in [0.717, 1.165) is 18.5 Å². The van der Waals surface area contributed by atoms with Gasteiger partial charge in [-0.15, -0.1) is 0 Å². The molecule has 0 saturated heterocycles. The molecule has 0 amide bonds. The molecule has 1 atom stereocenters. The van der Waals surface area contributed by atoms with Gasteiger partial charge in [-0.05, 0) is 56.7 Å². The second kappa shape index (κ2) is 5.31. The Morgan fingerprint density at radius 1 is 1.33 bits per heavy atom. The van der Waals surface area contributed by atoms with Crippen LogP contribution in [0.25, 0.3) is 0 Å². The van der Waals surface area contributed by atoms with Crippen molar-refractivity contribution in [2.45, 2.75) is 38.6 Å². The van der Waals surface area contributed by atoms with Crippen LogP contribution in [0.2, 0.25) is 0 Å². The summed E-state index contributed by atoms with van der Waals surface area (Å²) in [6, 6.07) is 9.58. The zero-order valence-electron chi connectivity index (χ0n) is 11.4. The summed E-state index contributed by atoms with van der Waals surface area (Å²) in [5.41, 5.74) is 2.99. The zero-order chi connectivity index (χ0) is 12.4. The van der Waals surface area contributed by atoms with E-state index in [0.29, 0.717) is 0 Å². The van der Waals surface area contributed by atoms with Gasteiger partial charge in [0.05, 0.1) is 0 Å². The molecule has 1 aromatic rings. The fourth-order valence-corrected chi connectivity index (χ4v) is 3.00. The van der Waals surface area contributed by atoms with Crippen molar-refractivity contribution in [1.82, 2.24) is 5.32 Å². The Hall–Kier alpha value is -1.02. The van der Waals surface area contributed by atoms with Gasteiger partial charge >= 0.3 is 0 Å². The molecule has 1 aromatic carbocycles. The molecule has 2 aliphatic rings. The maximum Gasteiger partial charge on any atom is 0.0399 e. The third-order valence-electron chi connectivity index (χ3n) is 4.38. The number of nitrogens with one attached hydrogen (secondary N) is 1. The molecule has 0 aromatic heterocycles. The monoisotopic (exact) mass is 244 g/mol. The van der Waals surface area contributed by atoms with Gasteiger partial charge in [0.25, 0.3) is 0 Å². The fourth-order valence-electron chi connectivity index (χ4n) is 3.00. The van der Waals surface area contributed by atoms with Crippen molar-refractivity contribution in [3.8, 4) is 0 Å². The van der Waals surface area contributed by atoms with E-state index in [9.17, 15) is 0 Å². The fraction of sp³-hybridized carbons (Fsp3) is 0.625. The lowest BCUT2D eigenvalue weighted by atomic mass is 10.2. The van der Waals surface area contributed by atoms with Crippen LogP contribution in [-0.4, -0.2) is 25.7 Å². The number of rotatable bonds is 6. The van der Waals surface area contributed by atoms with Crippen LogP contribution in [0.5, 0.6) is 0 Å². The van der Waals surface area contributed by atoms with Crippen molar-refractivity contribution in [2.75, 3.05) is 24.5 Å². The second-order valence-corrected chi connectivity index (χ2v) is 5.80. The molecule has 1 fully saturated rings. The highest BCUT2D eigenvalue weighted by Gasteiger charge is 2.27. The largest absolute Gasteiger partial charge is 0.371 e.